The number of thiophene rings is 1. The first-order chi connectivity index (χ1) is 11.2. The summed E-state index contributed by atoms with van der Waals surface area (Å²) in [6.07, 6.45) is 1.03. The molecule has 122 valence electrons. The first-order valence-corrected chi connectivity index (χ1v) is 8.63. The monoisotopic (exact) mass is 333 g/mol. The van der Waals surface area contributed by atoms with Gasteiger partial charge in [0.05, 0.1) is 6.54 Å². The van der Waals surface area contributed by atoms with E-state index in [2.05, 4.69) is 15.5 Å². The molecule has 2 aromatic rings. The average Bonchev–Trinajstić information content (AvgIpc) is 3.23. The molecule has 1 aliphatic rings. The molecule has 6 heteroatoms. The van der Waals surface area contributed by atoms with Gasteiger partial charge in [-0.2, -0.15) is 0 Å². The lowest BCUT2D eigenvalue weighted by Gasteiger charge is -2.18. The van der Waals surface area contributed by atoms with Gasteiger partial charge in [0.2, 0.25) is 0 Å². The van der Waals surface area contributed by atoms with Crippen LogP contribution in [0.5, 0.6) is 0 Å². The third kappa shape index (κ3) is 4.45. The molecule has 2 amide bonds. The number of nitrogens with zero attached hydrogens (tertiary/aromatic N) is 1. The van der Waals surface area contributed by atoms with Crippen molar-refractivity contribution in [2.24, 2.45) is 5.92 Å². The van der Waals surface area contributed by atoms with Gasteiger partial charge in [-0.1, -0.05) is 6.07 Å². The number of benzene rings is 1. The number of carbonyl (C=O) groups excluding carboxylic acids is 1. The number of anilines is 1. The van der Waals surface area contributed by atoms with Crippen molar-refractivity contribution in [3.8, 4) is 0 Å². The van der Waals surface area contributed by atoms with Crippen LogP contribution in [0.15, 0.2) is 41.8 Å². The van der Waals surface area contributed by atoms with Crippen LogP contribution in [-0.2, 0) is 6.54 Å². The highest BCUT2D eigenvalue weighted by Crippen LogP contribution is 2.23. The van der Waals surface area contributed by atoms with Gasteiger partial charge in [-0.3, -0.25) is 0 Å². The fourth-order valence-corrected chi connectivity index (χ4v) is 3.41. The van der Waals surface area contributed by atoms with Crippen molar-refractivity contribution in [1.29, 1.82) is 0 Å². The third-order valence-electron chi connectivity index (χ3n) is 4.03. The number of rotatable bonds is 5. The van der Waals surface area contributed by atoms with Crippen molar-refractivity contribution in [2.75, 3.05) is 24.5 Å². The number of hydrogen-bond donors (Lipinski definition) is 2. The highest BCUT2D eigenvalue weighted by Gasteiger charge is 2.23. The average molecular weight is 333 g/mol. The van der Waals surface area contributed by atoms with E-state index in [0.717, 1.165) is 30.1 Å². The molecule has 1 aliphatic heterocycles. The maximum absolute atomic E-state index is 13.0. The molecule has 0 spiro atoms. The number of halogens is 1. The van der Waals surface area contributed by atoms with E-state index < -0.39 is 0 Å². The van der Waals surface area contributed by atoms with Crippen LogP contribution in [0.4, 0.5) is 14.9 Å². The number of nitrogens with one attached hydrogen (secondary N) is 2. The number of urea groups is 1. The SMILES string of the molecule is O=C(NCc1cccs1)NCC1CCN(c2ccc(F)cc2)C1. The smallest absolute Gasteiger partial charge is 0.315 e. The van der Waals surface area contributed by atoms with Gasteiger partial charge in [-0.15, -0.1) is 11.3 Å². The minimum absolute atomic E-state index is 0.126. The third-order valence-corrected chi connectivity index (χ3v) is 4.91. The molecule has 1 aromatic heterocycles. The fourth-order valence-electron chi connectivity index (χ4n) is 2.77. The Bertz CT molecular complexity index is 630. The van der Waals surface area contributed by atoms with Gasteiger partial charge in [0.15, 0.2) is 0 Å². The molecular weight excluding hydrogens is 313 g/mol. The van der Waals surface area contributed by atoms with Gasteiger partial charge in [-0.05, 0) is 48.1 Å². The zero-order valence-corrected chi connectivity index (χ0v) is 13.6. The summed E-state index contributed by atoms with van der Waals surface area (Å²) in [6, 6.07) is 10.4. The summed E-state index contributed by atoms with van der Waals surface area (Å²) in [5.41, 5.74) is 1.04. The van der Waals surface area contributed by atoms with Crippen molar-refractivity contribution in [3.05, 3.63) is 52.5 Å². The fraction of sp³-hybridized carbons (Fsp3) is 0.353. The predicted octanol–water partition coefficient (Wildman–Crippen LogP) is 3.21. The molecular formula is C17H20FN3OS. The summed E-state index contributed by atoms with van der Waals surface area (Å²) in [4.78, 5) is 15.2. The van der Waals surface area contributed by atoms with E-state index in [-0.39, 0.29) is 11.8 Å². The normalized spacial score (nSPS) is 17.3. The van der Waals surface area contributed by atoms with Crippen LogP contribution in [0.2, 0.25) is 0 Å². The van der Waals surface area contributed by atoms with Gasteiger partial charge in [-0.25, -0.2) is 9.18 Å². The largest absolute Gasteiger partial charge is 0.371 e. The highest BCUT2D eigenvalue weighted by atomic mass is 32.1. The molecule has 1 saturated heterocycles. The second-order valence-corrected chi connectivity index (χ2v) is 6.75. The molecule has 2 heterocycles. The first-order valence-electron chi connectivity index (χ1n) is 7.75. The van der Waals surface area contributed by atoms with Crippen molar-refractivity contribution >= 4 is 23.1 Å². The molecule has 1 fully saturated rings. The molecule has 4 nitrogen and oxygen atoms in total. The zero-order valence-electron chi connectivity index (χ0n) is 12.8. The Morgan fingerprint density at radius 3 is 2.83 bits per heavy atom. The van der Waals surface area contributed by atoms with E-state index in [1.807, 2.05) is 17.5 Å². The Morgan fingerprint density at radius 1 is 1.26 bits per heavy atom. The Kier molecular flexibility index (Phi) is 5.12. The predicted molar refractivity (Wildman–Crippen MR) is 91.3 cm³/mol. The first kappa shape index (κ1) is 15.8. The summed E-state index contributed by atoms with van der Waals surface area (Å²) in [7, 11) is 0. The van der Waals surface area contributed by atoms with Gasteiger partial charge in [0.1, 0.15) is 5.82 Å². The van der Waals surface area contributed by atoms with Crippen LogP contribution in [0.3, 0.4) is 0 Å². The van der Waals surface area contributed by atoms with Crippen molar-refractivity contribution < 1.29 is 9.18 Å². The Labute approximate surface area is 139 Å². The summed E-state index contributed by atoms with van der Waals surface area (Å²) in [5.74, 6) is 0.209. The lowest BCUT2D eigenvalue weighted by Crippen LogP contribution is -2.38. The maximum atomic E-state index is 13.0. The second kappa shape index (κ2) is 7.46. The quantitative estimate of drug-likeness (QED) is 0.882. The topological polar surface area (TPSA) is 44.4 Å². The van der Waals surface area contributed by atoms with Crippen molar-refractivity contribution in [3.63, 3.8) is 0 Å². The molecule has 2 N–H and O–H groups in total. The number of carbonyl (C=O) groups is 1. The van der Waals surface area contributed by atoms with Crippen LogP contribution in [0.25, 0.3) is 0 Å². The van der Waals surface area contributed by atoms with E-state index >= 15 is 0 Å². The molecule has 0 bridgehead atoms. The van der Waals surface area contributed by atoms with E-state index in [1.54, 1.807) is 23.5 Å². The molecule has 0 radical (unpaired) electrons. The van der Waals surface area contributed by atoms with Gasteiger partial charge in [0.25, 0.3) is 0 Å². The Morgan fingerprint density at radius 2 is 2.09 bits per heavy atom. The van der Waals surface area contributed by atoms with Crippen LogP contribution in [0.1, 0.15) is 11.3 Å². The molecule has 1 atom stereocenters. The summed E-state index contributed by atoms with van der Waals surface area (Å²) in [5, 5.41) is 7.80. The van der Waals surface area contributed by atoms with E-state index in [9.17, 15) is 9.18 Å². The van der Waals surface area contributed by atoms with Gasteiger partial charge >= 0.3 is 6.03 Å². The Hall–Kier alpha value is -2.08. The summed E-state index contributed by atoms with van der Waals surface area (Å²) >= 11 is 1.63. The number of hydrogen-bond acceptors (Lipinski definition) is 3. The second-order valence-electron chi connectivity index (χ2n) is 5.72. The minimum atomic E-state index is -0.214. The number of amides is 2. The van der Waals surface area contributed by atoms with Gasteiger partial charge in [0, 0.05) is 30.2 Å². The molecule has 1 unspecified atom stereocenters. The van der Waals surface area contributed by atoms with Crippen LogP contribution >= 0.6 is 11.3 Å². The van der Waals surface area contributed by atoms with E-state index in [0.29, 0.717) is 19.0 Å². The molecule has 0 aliphatic carbocycles. The lowest BCUT2D eigenvalue weighted by atomic mass is 10.1. The lowest BCUT2D eigenvalue weighted by molar-refractivity contribution is 0.239. The zero-order chi connectivity index (χ0) is 16.1. The van der Waals surface area contributed by atoms with E-state index in [1.165, 1.54) is 12.1 Å². The minimum Gasteiger partial charge on any atom is -0.371 e. The standard InChI is InChI=1S/C17H20FN3OS/c18-14-3-5-15(6-4-14)21-8-7-13(12-21)10-19-17(22)20-11-16-2-1-9-23-16/h1-6,9,13H,7-8,10-12H2,(H2,19,20,22). The summed E-state index contributed by atoms with van der Waals surface area (Å²) in [6.45, 7) is 3.05. The van der Waals surface area contributed by atoms with Crippen LogP contribution in [0, 0.1) is 11.7 Å². The Balaban J connectivity index is 1.39. The van der Waals surface area contributed by atoms with E-state index in [4.69, 9.17) is 0 Å². The van der Waals surface area contributed by atoms with Crippen molar-refractivity contribution in [1.82, 2.24) is 10.6 Å². The maximum Gasteiger partial charge on any atom is 0.315 e. The molecule has 3 rings (SSSR count). The molecule has 23 heavy (non-hydrogen) atoms. The highest BCUT2D eigenvalue weighted by molar-refractivity contribution is 7.09. The van der Waals surface area contributed by atoms with Crippen LogP contribution in [-0.4, -0.2) is 25.7 Å². The summed E-state index contributed by atoms with van der Waals surface area (Å²) < 4.78 is 13.0. The van der Waals surface area contributed by atoms with Gasteiger partial charge < -0.3 is 15.5 Å². The molecule has 0 saturated carbocycles. The van der Waals surface area contributed by atoms with Crippen molar-refractivity contribution in [2.45, 2.75) is 13.0 Å². The molecule has 1 aromatic carbocycles. The van der Waals surface area contributed by atoms with Crippen LogP contribution < -0.4 is 15.5 Å².